The predicted molar refractivity (Wildman–Crippen MR) is 94.6 cm³/mol. The van der Waals surface area contributed by atoms with Gasteiger partial charge in [-0.15, -0.1) is 0 Å². The maximum Gasteiger partial charge on any atom is 0.460 e. The van der Waals surface area contributed by atoms with Gasteiger partial charge in [0.25, 0.3) is 0 Å². The summed E-state index contributed by atoms with van der Waals surface area (Å²) in [6, 6.07) is 0. The normalized spacial score (nSPS) is 16.1. The molecule has 4 nitrogen and oxygen atoms in total. The monoisotopic (exact) mass is 646 g/mol. The van der Waals surface area contributed by atoms with Crippen LogP contribution >= 0.6 is 22.6 Å². The molecule has 18 heteroatoms. The average Bonchev–Trinajstić information content (AvgIpc) is 2.65. The summed E-state index contributed by atoms with van der Waals surface area (Å²) >= 11 is 1.18. The molecule has 0 bridgehead atoms. The van der Waals surface area contributed by atoms with Crippen molar-refractivity contribution in [3.63, 3.8) is 0 Å². The minimum atomic E-state index is -8.04. The quantitative estimate of drug-likeness (QED) is 0.112. The molecule has 0 radical (unpaired) electrons. The van der Waals surface area contributed by atoms with E-state index < -0.39 is 77.0 Å². The van der Waals surface area contributed by atoms with Crippen molar-refractivity contribution in [3.05, 3.63) is 0 Å². The molecule has 0 heterocycles. The number of carbonyl (C=O) groups is 2. The van der Waals surface area contributed by atoms with Gasteiger partial charge in [0.15, 0.2) is 0 Å². The summed E-state index contributed by atoms with van der Waals surface area (Å²) in [6.07, 6.45) is -11.4. The zero-order chi connectivity index (χ0) is 27.6. The van der Waals surface area contributed by atoms with Gasteiger partial charge in [0, 0.05) is 6.42 Å². The smallest absolute Gasteiger partial charge is 0.460 e. The van der Waals surface area contributed by atoms with Gasteiger partial charge in [0.05, 0.1) is 19.1 Å². The third kappa shape index (κ3) is 6.11. The lowest BCUT2D eigenvalue weighted by molar-refractivity contribution is -0.440. The molecule has 0 N–H and O–H groups in total. The number of alkyl halides is 14. The number of hydrogen-bond acceptors (Lipinski definition) is 4. The second-order valence-corrected chi connectivity index (χ2v) is 8.11. The summed E-state index contributed by atoms with van der Waals surface area (Å²) in [6.45, 7) is 1.51. The fourth-order valence-electron chi connectivity index (χ4n) is 2.34. The second-order valence-electron chi connectivity index (χ2n) is 6.61. The molecule has 0 amide bonds. The van der Waals surface area contributed by atoms with Gasteiger partial charge in [0.1, 0.15) is 3.92 Å². The Balaban J connectivity index is 6.30. The van der Waals surface area contributed by atoms with Crippen molar-refractivity contribution in [1.29, 1.82) is 0 Å². The van der Waals surface area contributed by atoms with E-state index in [-0.39, 0.29) is 6.61 Å². The number of esters is 2. The first-order chi connectivity index (χ1) is 15.0. The first-order valence-corrected chi connectivity index (χ1v) is 10.1. The van der Waals surface area contributed by atoms with E-state index in [9.17, 15) is 66.7 Å². The maximum absolute atomic E-state index is 14.1. The van der Waals surface area contributed by atoms with Crippen LogP contribution in [0.5, 0.6) is 0 Å². The maximum atomic E-state index is 14.1. The Bertz CT molecular complexity index is 724. The first kappa shape index (κ1) is 32.8. The zero-order valence-corrected chi connectivity index (χ0v) is 19.1. The van der Waals surface area contributed by atoms with Gasteiger partial charge in [-0.25, -0.2) is 0 Å². The third-order valence-electron chi connectivity index (χ3n) is 4.15. The van der Waals surface area contributed by atoms with Crippen LogP contribution in [0.25, 0.3) is 0 Å². The lowest BCUT2D eigenvalue weighted by atomic mass is 9.87. The van der Waals surface area contributed by atoms with Crippen LogP contribution in [0, 0.1) is 5.92 Å². The van der Waals surface area contributed by atoms with Gasteiger partial charge in [-0.2, -0.15) is 57.1 Å². The summed E-state index contributed by atoms with van der Waals surface area (Å²) in [7, 11) is 0. The third-order valence-corrected chi connectivity index (χ3v) is 5.17. The number of rotatable bonds is 12. The Hall–Kier alpha value is -1.24. The molecular weight excluding hydrogens is 630 g/mol. The van der Waals surface area contributed by atoms with Crippen LogP contribution in [0.2, 0.25) is 0 Å². The van der Waals surface area contributed by atoms with Crippen molar-refractivity contribution in [2.45, 2.75) is 66.4 Å². The lowest BCUT2D eigenvalue weighted by Gasteiger charge is -2.40. The number of ether oxygens (including phenoxy) is 2. The Kier molecular flexibility index (Phi) is 10.4. The van der Waals surface area contributed by atoms with E-state index in [1.807, 2.05) is 0 Å². The molecule has 0 rings (SSSR count). The van der Waals surface area contributed by atoms with Gasteiger partial charge in [-0.3, -0.25) is 9.59 Å². The minimum absolute atomic E-state index is 0.272. The van der Waals surface area contributed by atoms with Crippen molar-refractivity contribution in [3.8, 4) is 0 Å². The Morgan fingerprint density at radius 2 is 1.06 bits per heavy atom. The molecule has 0 spiro atoms. The topological polar surface area (TPSA) is 52.6 Å². The fourth-order valence-corrected chi connectivity index (χ4v) is 3.14. The van der Waals surface area contributed by atoms with E-state index in [2.05, 4.69) is 9.47 Å². The fraction of sp³-hybridized carbons (Fsp3) is 0.875. The van der Waals surface area contributed by atoms with Gasteiger partial charge in [-0.1, -0.05) is 22.6 Å². The highest BCUT2D eigenvalue weighted by Crippen LogP contribution is 2.61. The predicted octanol–water partition coefficient (Wildman–Crippen LogP) is 6.05. The molecule has 0 aromatic heterocycles. The molecular formula is C16H16F13IO4. The van der Waals surface area contributed by atoms with Crippen LogP contribution in [-0.4, -0.2) is 64.9 Å². The van der Waals surface area contributed by atoms with Crippen LogP contribution in [-0.2, 0) is 19.1 Å². The van der Waals surface area contributed by atoms with Gasteiger partial charge < -0.3 is 9.47 Å². The molecule has 202 valence electrons. The molecule has 0 aliphatic carbocycles. The van der Waals surface area contributed by atoms with Crippen LogP contribution in [0.4, 0.5) is 57.1 Å². The molecule has 0 aromatic carbocycles. The summed E-state index contributed by atoms with van der Waals surface area (Å²) in [5.41, 5.74) is 0. The van der Waals surface area contributed by atoms with E-state index in [0.717, 1.165) is 6.92 Å². The zero-order valence-electron chi connectivity index (χ0n) is 16.9. The van der Waals surface area contributed by atoms with Crippen LogP contribution in [0.15, 0.2) is 0 Å². The Morgan fingerprint density at radius 3 is 1.44 bits per heavy atom. The van der Waals surface area contributed by atoms with Gasteiger partial charge in [0.2, 0.25) is 0 Å². The van der Waals surface area contributed by atoms with Crippen molar-refractivity contribution in [2.24, 2.45) is 5.92 Å². The molecule has 0 saturated carbocycles. The average molecular weight is 646 g/mol. The van der Waals surface area contributed by atoms with E-state index in [1.54, 1.807) is 0 Å². The van der Waals surface area contributed by atoms with E-state index in [4.69, 9.17) is 0 Å². The molecule has 0 saturated heterocycles. The number of halogens is 14. The first-order valence-electron chi connectivity index (χ1n) is 8.89. The summed E-state index contributed by atoms with van der Waals surface area (Å²) in [5, 5.41) is 0. The summed E-state index contributed by atoms with van der Waals surface area (Å²) < 4.78 is 179. The standard InChI is InChI=1S/C16H16F13IO4/c1-3-33-9(31)7(5-8(30)10(32)34-4-2)6-11(17,18)12(19,20)13(21,22)14(23,24)15(25,26)16(27,28)29/h7-8H,3-6H2,1-2H3. The van der Waals surface area contributed by atoms with E-state index in [1.165, 1.54) is 29.5 Å². The van der Waals surface area contributed by atoms with Crippen molar-refractivity contribution in [2.75, 3.05) is 13.2 Å². The van der Waals surface area contributed by atoms with Gasteiger partial charge in [-0.05, 0) is 20.3 Å². The van der Waals surface area contributed by atoms with Crippen molar-refractivity contribution >= 4 is 34.5 Å². The van der Waals surface area contributed by atoms with Gasteiger partial charge >= 0.3 is 47.7 Å². The highest BCUT2D eigenvalue weighted by Gasteiger charge is 2.90. The Morgan fingerprint density at radius 1 is 0.676 bits per heavy atom. The molecule has 0 aromatic rings. The molecule has 0 fully saturated rings. The molecule has 2 unspecified atom stereocenters. The van der Waals surface area contributed by atoms with E-state index in [0.29, 0.717) is 0 Å². The van der Waals surface area contributed by atoms with Crippen LogP contribution < -0.4 is 0 Å². The van der Waals surface area contributed by atoms with Crippen LogP contribution in [0.1, 0.15) is 26.7 Å². The summed E-state index contributed by atoms with van der Waals surface area (Å²) in [5.74, 6) is -43.4. The molecule has 0 aliphatic rings. The van der Waals surface area contributed by atoms with Crippen molar-refractivity contribution in [1.82, 2.24) is 0 Å². The second kappa shape index (κ2) is 10.8. The number of hydrogen-bond donors (Lipinski definition) is 0. The minimum Gasteiger partial charge on any atom is -0.466 e. The Labute approximate surface area is 196 Å². The highest BCUT2D eigenvalue weighted by atomic mass is 127. The van der Waals surface area contributed by atoms with Crippen molar-refractivity contribution < 1.29 is 76.1 Å². The number of carbonyl (C=O) groups excluding carboxylic acids is 2. The molecule has 0 aliphatic heterocycles. The lowest BCUT2D eigenvalue weighted by Crippen LogP contribution is -2.70. The summed E-state index contributed by atoms with van der Waals surface area (Å²) in [4.78, 5) is 23.4. The molecule has 2 atom stereocenters. The largest absolute Gasteiger partial charge is 0.466 e. The van der Waals surface area contributed by atoms with Crippen LogP contribution in [0.3, 0.4) is 0 Å². The SMILES string of the molecule is CCOC(=O)C(I)CC(CC(F)(F)C(F)(F)C(F)(F)C(F)(F)C(F)(F)C(F)(F)F)C(=O)OCC. The highest BCUT2D eigenvalue weighted by molar-refractivity contribution is 14.1. The molecule has 34 heavy (non-hydrogen) atoms. The van der Waals surface area contributed by atoms with E-state index >= 15 is 0 Å².